The van der Waals surface area contributed by atoms with E-state index in [0.29, 0.717) is 11.8 Å². The van der Waals surface area contributed by atoms with Gasteiger partial charge in [-0.05, 0) is 90.1 Å². The van der Waals surface area contributed by atoms with Crippen molar-refractivity contribution in [3.8, 4) is 11.1 Å². The maximum Gasteiger partial charge on any atom is 0.227 e. The first-order chi connectivity index (χ1) is 22.0. The number of hydrogen-bond donors (Lipinski definition) is 2. The van der Waals surface area contributed by atoms with Crippen molar-refractivity contribution in [3.63, 3.8) is 0 Å². The molecule has 2 aromatic carbocycles. The molecule has 0 spiro atoms. The van der Waals surface area contributed by atoms with E-state index in [0.717, 1.165) is 84.5 Å². The van der Waals surface area contributed by atoms with Gasteiger partial charge in [-0.2, -0.15) is 0 Å². The van der Waals surface area contributed by atoms with Crippen molar-refractivity contribution >= 4 is 28.3 Å². The Balaban J connectivity index is 1.26. The molecule has 7 rings (SSSR count). The molecule has 0 bridgehead atoms. The van der Waals surface area contributed by atoms with Crippen LogP contribution < -0.4 is 5.32 Å². The number of aliphatic imine (C=N–C) groups is 1. The molecule has 3 unspecified atom stereocenters. The number of allylic oxidation sites excluding steroid dienone is 4. The minimum absolute atomic E-state index is 0.130. The molecule has 230 valence electrons. The van der Waals surface area contributed by atoms with E-state index in [4.69, 9.17) is 9.98 Å². The van der Waals surface area contributed by atoms with Crippen molar-refractivity contribution in [2.75, 3.05) is 11.9 Å². The van der Waals surface area contributed by atoms with E-state index in [1.807, 2.05) is 24.5 Å². The Bertz CT molecular complexity index is 1810. The quantitative estimate of drug-likeness (QED) is 0.233. The van der Waals surface area contributed by atoms with Gasteiger partial charge < -0.3 is 10.3 Å². The van der Waals surface area contributed by atoms with Crippen LogP contribution in [-0.2, 0) is 11.2 Å². The van der Waals surface area contributed by atoms with Gasteiger partial charge >= 0.3 is 0 Å². The second-order valence-corrected chi connectivity index (χ2v) is 13.2. The Morgan fingerprint density at radius 3 is 2.64 bits per heavy atom. The average Bonchev–Trinajstić information content (AvgIpc) is 3.48. The lowest BCUT2D eigenvalue weighted by Crippen LogP contribution is -2.24. The maximum atomic E-state index is 13.2. The van der Waals surface area contributed by atoms with Crippen molar-refractivity contribution in [1.29, 1.82) is 0 Å². The number of nitrogens with zero attached hydrogens (tertiary/aromatic N) is 3. The second-order valence-electron chi connectivity index (χ2n) is 13.2. The average molecular weight is 598 g/mol. The van der Waals surface area contributed by atoms with E-state index >= 15 is 0 Å². The van der Waals surface area contributed by atoms with Gasteiger partial charge in [-0.1, -0.05) is 70.4 Å². The molecule has 6 heteroatoms. The Kier molecular flexibility index (Phi) is 8.22. The van der Waals surface area contributed by atoms with Gasteiger partial charge in [-0.25, -0.2) is 4.98 Å². The van der Waals surface area contributed by atoms with Gasteiger partial charge in [0.1, 0.15) is 5.71 Å². The Hall–Kier alpha value is -4.32. The number of imidazole rings is 1. The highest BCUT2D eigenvalue weighted by atomic mass is 16.1. The summed E-state index contributed by atoms with van der Waals surface area (Å²) >= 11 is 0. The number of carbonyl (C=O) groups is 1. The fourth-order valence-corrected chi connectivity index (χ4v) is 7.32. The fourth-order valence-electron chi connectivity index (χ4n) is 7.32. The van der Waals surface area contributed by atoms with Crippen molar-refractivity contribution in [2.45, 2.75) is 71.6 Å². The van der Waals surface area contributed by atoms with Crippen LogP contribution in [0.25, 0.3) is 22.2 Å². The Morgan fingerprint density at radius 1 is 1.02 bits per heavy atom. The molecule has 2 N–H and O–H groups in total. The number of benzene rings is 2. The summed E-state index contributed by atoms with van der Waals surface area (Å²) in [7, 11) is 0. The molecule has 3 atom stereocenters. The van der Waals surface area contributed by atoms with Gasteiger partial charge in [-0.3, -0.25) is 14.8 Å². The SMILES string of the molecule is CCc1cc(NC(=O)C2CCCCC2)cc(C2C=C3C(=CC2)C(C)C(C)CN=C3c2nc3c(-c4ccncc4)cccc3[nH]2)c1. The molecule has 1 saturated carbocycles. The predicted octanol–water partition coefficient (Wildman–Crippen LogP) is 8.82. The number of pyridine rings is 1. The maximum absolute atomic E-state index is 13.2. The van der Waals surface area contributed by atoms with E-state index in [9.17, 15) is 4.79 Å². The van der Waals surface area contributed by atoms with Crippen molar-refractivity contribution < 1.29 is 4.79 Å². The fraction of sp³-hybridized carbons (Fsp3) is 0.385. The minimum atomic E-state index is 0.130. The van der Waals surface area contributed by atoms with Gasteiger partial charge in [-0.15, -0.1) is 0 Å². The number of aromatic nitrogens is 3. The molecule has 0 radical (unpaired) electrons. The summed E-state index contributed by atoms with van der Waals surface area (Å²) in [6.45, 7) is 7.57. The summed E-state index contributed by atoms with van der Waals surface area (Å²) in [6.07, 6.45) is 15.9. The van der Waals surface area contributed by atoms with E-state index in [1.54, 1.807) is 0 Å². The topological polar surface area (TPSA) is 83.0 Å². The largest absolute Gasteiger partial charge is 0.337 e. The van der Waals surface area contributed by atoms with Gasteiger partial charge in [0.2, 0.25) is 5.91 Å². The Labute approximate surface area is 266 Å². The molecular formula is C39H43N5O. The lowest BCUT2D eigenvalue weighted by molar-refractivity contribution is -0.120. The molecule has 2 aromatic heterocycles. The zero-order valence-electron chi connectivity index (χ0n) is 26.6. The van der Waals surface area contributed by atoms with Crippen LogP contribution in [0.15, 0.2) is 89.2 Å². The molecule has 6 nitrogen and oxygen atoms in total. The van der Waals surface area contributed by atoms with Gasteiger partial charge in [0.25, 0.3) is 0 Å². The summed E-state index contributed by atoms with van der Waals surface area (Å²) in [5.74, 6) is 2.12. The molecule has 1 fully saturated rings. The summed E-state index contributed by atoms with van der Waals surface area (Å²) in [4.78, 5) is 31.4. The highest BCUT2D eigenvalue weighted by molar-refractivity contribution is 6.15. The lowest BCUT2D eigenvalue weighted by atomic mass is 9.77. The van der Waals surface area contributed by atoms with Crippen molar-refractivity contribution in [3.05, 3.63) is 101 Å². The van der Waals surface area contributed by atoms with Gasteiger partial charge in [0, 0.05) is 47.6 Å². The molecular weight excluding hydrogens is 554 g/mol. The molecule has 2 aliphatic carbocycles. The number of anilines is 1. The lowest BCUT2D eigenvalue weighted by Gasteiger charge is -2.27. The first kappa shape index (κ1) is 29.4. The number of nitrogens with one attached hydrogen (secondary N) is 2. The highest BCUT2D eigenvalue weighted by Crippen LogP contribution is 2.41. The summed E-state index contributed by atoms with van der Waals surface area (Å²) in [5.41, 5.74) is 11.0. The van der Waals surface area contributed by atoms with Crippen molar-refractivity contribution in [1.82, 2.24) is 15.0 Å². The second kappa shape index (κ2) is 12.6. The minimum Gasteiger partial charge on any atom is -0.337 e. The number of carbonyl (C=O) groups excluding carboxylic acids is 1. The number of fused-ring (bicyclic) bond motifs is 2. The van der Waals surface area contributed by atoms with E-state index in [2.05, 4.69) is 84.6 Å². The van der Waals surface area contributed by atoms with E-state index in [-0.39, 0.29) is 17.7 Å². The van der Waals surface area contributed by atoms with Gasteiger partial charge in [0.15, 0.2) is 5.82 Å². The van der Waals surface area contributed by atoms with Crippen LogP contribution in [0.4, 0.5) is 5.69 Å². The predicted molar refractivity (Wildman–Crippen MR) is 184 cm³/mol. The third kappa shape index (κ3) is 5.90. The zero-order valence-corrected chi connectivity index (χ0v) is 26.6. The number of amides is 1. The molecule has 3 aliphatic rings. The Morgan fingerprint density at radius 2 is 1.84 bits per heavy atom. The number of para-hydroxylation sites is 1. The van der Waals surface area contributed by atoms with Crippen LogP contribution in [0.3, 0.4) is 0 Å². The third-order valence-corrected chi connectivity index (χ3v) is 10.2. The molecule has 1 amide bonds. The standard InChI is InChI=1S/C39H43N5O/c1-4-26-19-30(21-31(20-26)42-39(45)28-9-6-5-7-10-28)29-13-14-32-25(3)24(2)23-41-37(34(32)22-29)38-43-35-12-8-11-33(36(35)44-38)27-15-17-40-18-16-27/h8,11-12,14-22,24-25,28-29H,4-7,9-10,13,23H2,1-3H3,(H,42,45)(H,43,44). The molecule has 3 heterocycles. The molecule has 4 aromatic rings. The number of aryl methyl sites for hydroxylation is 1. The van der Waals surface area contributed by atoms with Crippen LogP contribution in [0.5, 0.6) is 0 Å². The summed E-state index contributed by atoms with van der Waals surface area (Å²) < 4.78 is 0. The van der Waals surface area contributed by atoms with Crippen LogP contribution in [0.2, 0.25) is 0 Å². The summed E-state index contributed by atoms with van der Waals surface area (Å²) in [5, 5.41) is 3.30. The molecule has 0 saturated heterocycles. The first-order valence-corrected chi connectivity index (χ1v) is 16.8. The summed E-state index contributed by atoms with van der Waals surface area (Å²) in [6, 6.07) is 17.0. The number of hydrogen-bond acceptors (Lipinski definition) is 4. The number of H-pyrrole nitrogens is 1. The normalized spacial score (nSPS) is 22.2. The molecule has 45 heavy (non-hydrogen) atoms. The van der Waals surface area contributed by atoms with Crippen LogP contribution in [0.1, 0.15) is 82.2 Å². The van der Waals surface area contributed by atoms with E-state index < -0.39 is 0 Å². The van der Waals surface area contributed by atoms with Gasteiger partial charge in [0.05, 0.1) is 11.0 Å². The third-order valence-electron chi connectivity index (χ3n) is 10.2. The number of aromatic amines is 1. The van der Waals surface area contributed by atoms with E-state index in [1.165, 1.54) is 28.7 Å². The van der Waals surface area contributed by atoms with Crippen molar-refractivity contribution in [2.24, 2.45) is 22.7 Å². The first-order valence-electron chi connectivity index (χ1n) is 16.8. The smallest absolute Gasteiger partial charge is 0.227 e. The molecule has 1 aliphatic heterocycles. The monoisotopic (exact) mass is 597 g/mol. The van der Waals surface area contributed by atoms with Crippen LogP contribution >= 0.6 is 0 Å². The van der Waals surface area contributed by atoms with Crippen LogP contribution in [-0.4, -0.2) is 33.1 Å². The van der Waals surface area contributed by atoms with Crippen LogP contribution in [0, 0.1) is 17.8 Å². The number of rotatable bonds is 6. The highest BCUT2D eigenvalue weighted by Gasteiger charge is 2.31. The zero-order chi connectivity index (χ0) is 30.9.